The molecule has 0 unspecified atom stereocenters. The fourth-order valence-electron chi connectivity index (χ4n) is 0.458. The third-order valence-corrected chi connectivity index (χ3v) is 1.51. The van der Waals surface area contributed by atoms with Gasteiger partial charge in [0.1, 0.15) is 0 Å². The molecule has 0 radical (unpaired) electrons. The van der Waals surface area contributed by atoms with E-state index >= 15 is 0 Å². The van der Waals surface area contributed by atoms with Crippen molar-refractivity contribution in [2.45, 2.75) is 13.8 Å². The summed E-state index contributed by atoms with van der Waals surface area (Å²) in [6.07, 6.45) is 0. The van der Waals surface area contributed by atoms with Crippen LogP contribution in [0.5, 0.6) is 0 Å². The molecular weight excluding hydrogens is 148 g/mol. The fraction of sp³-hybridized carbons (Fsp3) is 1.00. The van der Waals surface area contributed by atoms with Crippen LogP contribution in [-0.2, 0) is 4.28 Å². The van der Waals surface area contributed by atoms with Crippen molar-refractivity contribution in [2.75, 3.05) is 25.4 Å². The molecule has 10 heavy (non-hydrogen) atoms. The average molecular weight is 164 g/mol. The molecule has 0 bridgehead atoms. The van der Waals surface area contributed by atoms with Gasteiger partial charge >= 0.3 is 0 Å². The van der Waals surface area contributed by atoms with Crippen molar-refractivity contribution in [1.82, 2.24) is 10.8 Å². The second-order valence-electron chi connectivity index (χ2n) is 1.76. The van der Waals surface area contributed by atoms with E-state index in [1.807, 2.05) is 0 Å². The van der Waals surface area contributed by atoms with Crippen LogP contribution in [0.2, 0.25) is 0 Å². The van der Waals surface area contributed by atoms with Crippen molar-refractivity contribution in [3.05, 3.63) is 0 Å². The van der Waals surface area contributed by atoms with E-state index in [9.17, 15) is 0 Å². The molecule has 1 heterocycles. The molecule has 0 aromatic carbocycles. The van der Waals surface area contributed by atoms with Crippen LogP contribution < -0.4 is 10.8 Å². The third-order valence-electron chi connectivity index (χ3n) is 0.905. The predicted octanol–water partition coefficient (Wildman–Crippen LogP) is 0.785. The van der Waals surface area contributed by atoms with Gasteiger partial charge in [0.2, 0.25) is 0 Å². The Morgan fingerprint density at radius 1 is 1.50 bits per heavy atom. The van der Waals surface area contributed by atoms with Gasteiger partial charge < -0.3 is 5.32 Å². The molecule has 0 amide bonds. The summed E-state index contributed by atoms with van der Waals surface area (Å²) in [4.78, 5) is 0. The standard InChI is InChI=1S/C4H11N.C2H5NOS/c1-3-5-4-2;1-2-5-4-3-1/h5H,3-4H2,1-2H3;3H,1-2H2. The molecule has 1 rings (SSSR count). The maximum absolute atomic E-state index is 4.61. The van der Waals surface area contributed by atoms with Gasteiger partial charge in [0, 0.05) is 24.3 Å². The topological polar surface area (TPSA) is 33.3 Å². The van der Waals surface area contributed by atoms with E-state index in [4.69, 9.17) is 0 Å². The SMILES string of the molecule is C1CSON1.CCNCC. The van der Waals surface area contributed by atoms with Gasteiger partial charge in [-0.1, -0.05) is 13.8 Å². The maximum Gasteiger partial charge on any atom is 0.0366 e. The van der Waals surface area contributed by atoms with E-state index in [1.54, 1.807) is 0 Å². The van der Waals surface area contributed by atoms with E-state index < -0.39 is 0 Å². The molecule has 0 aromatic rings. The lowest BCUT2D eigenvalue weighted by Gasteiger charge is -1.86. The van der Waals surface area contributed by atoms with E-state index in [1.165, 1.54) is 12.0 Å². The van der Waals surface area contributed by atoms with Gasteiger partial charge in [-0.15, -0.1) is 0 Å². The summed E-state index contributed by atoms with van der Waals surface area (Å²) >= 11 is 1.46. The molecule has 1 fully saturated rings. The zero-order valence-electron chi connectivity index (χ0n) is 6.64. The van der Waals surface area contributed by atoms with Crippen LogP contribution in [0, 0.1) is 0 Å². The molecule has 0 spiro atoms. The highest BCUT2D eigenvalue weighted by atomic mass is 32.2. The molecule has 0 aromatic heterocycles. The minimum atomic E-state index is 0.991. The highest BCUT2D eigenvalue weighted by molar-refractivity contribution is 7.94. The molecule has 4 heteroatoms. The van der Waals surface area contributed by atoms with Crippen molar-refractivity contribution in [1.29, 1.82) is 0 Å². The minimum Gasteiger partial charge on any atom is -0.317 e. The summed E-state index contributed by atoms with van der Waals surface area (Å²) in [5, 5.41) is 3.11. The summed E-state index contributed by atoms with van der Waals surface area (Å²) in [7, 11) is 0. The van der Waals surface area contributed by atoms with E-state index in [2.05, 4.69) is 28.9 Å². The fourth-order valence-corrected chi connectivity index (χ4v) is 0.875. The Bertz CT molecular complexity index is 50.1. The molecular formula is C6H16N2OS. The smallest absolute Gasteiger partial charge is 0.0366 e. The molecule has 62 valence electrons. The van der Waals surface area contributed by atoms with Crippen LogP contribution in [0.4, 0.5) is 0 Å². The monoisotopic (exact) mass is 164 g/mol. The van der Waals surface area contributed by atoms with Gasteiger partial charge in [-0.25, -0.2) is 4.28 Å². The van der Waals surface area contributed by atoms with Crippen LogP contribution >= 0.6 is 12.0 Å². The molecule has 2 N–H and O–H groups in total. The molecule has 1 aliphatic heterocycles. The first-order valence-corrected chi connectivity index (χ1v) is 4.55. The zero-order valence-corrected chi connectivity index (χ0v) is 7.46. The Kier molecular flexibility index (Phi) is 9.44. The van der Waals surface area contributed by atoms with Gasteiger partial charge in [0.05, 0.1) is 0 Å². The lowest BCUT2D eigenvalue weighted by Crippen LogP contribution is -2.09. The summed E-state index contributed by atoms with van der Waals surface area (Å²) in [6.45, 7) is 7.38. The molecule has 1 aliphatic rings. The first-order chi connectivity index (χ1) is 4.91. The van der Waals surface area contributed by atoms with Crippen LogP contribution in [-0.4, -0.2) is 25.4 Å². The predicted molar refractivity (Wildman–Crippen MR) is 45.8 cm³/mol. The Morgan fingerprint density at radius 2 is 2.20 bits per heavy atom. The van der Waals surface area contributed by atoms with Crippen molar-refractivity contribution < 1.29 is 4.28 Å². The van der Waals surface area contributed by atoms with Gasteiger partial charge in [0.15, 0.2) is 0 Å². The van der Waals surface area contributed by atoms with E-state index in [0.29, 0.717) is 0 Å². The van der Waals surface area contributed by atoms with E-state index in [-0.39, 0.29) is 0 Å². The summed E-state index contributed by atoms with van der Waals surface area (Å²) in [5.41, 5.74) is 2.69. The Labute approximate surface area is 67.1 Å². The van der Waals surface area contributed by atoms with Gasteiger partial charge in [0.25, 0.3) is 0 Å². The quantitative estimate of drug-likeness (QED) is 0.591. The number of rotatable bonds is 2. The van der Waals surface area contributed by atoms with Gasteiger partial charge in [-0.2, -0.15) is 5.48 Å². The van der Waals surface area contributed by atoms with Crippen molar-refractivity contribution >= 4 is 12.0 Å². The van der Waals surface area contributed by atoms with Crippen LogP contribution in [0.1, 0.15) is 13.8 Å². The number of hydrogen-bond donors (Lipinski definition) is 2. The number of hydrogen-bond acceptors (Lipinski definition) is 4. The number of hydroxylamine groups is 1. The van der Waals surface area contributed by atoms with Crippen molar-refractivity contribution in [3.63, 3.8) is 0 Å². The molecule has 3 nitrogen and oxygen atoms in total. The van der Waals surface area contributed by atoms with Gasteiger partial charge in [-0.3, -0.25) is 0 Å². The lowest BCUT2D eigenvalue weighted by molar-refractivity contribution is 0.272. The Hall–Kier alpha value is 0.230. The highest BCUT2D eigenvalue weighted by Crippen LogP contribution is 2.02. The number of nitrogens with one attached hydrogen (secondary N) is 2. The van der Waals surface area contributed by atoms with Gasteiger partial charge in [-0.05, 0) is 13.1 Å². The van der Waals surface area contributed by atoms with Crippen molar-refractivity contribution in [2.24, 2.45) is 0 Å². The molecule has 1 saturated heterocycles. The normalized spacial score (nSPS) is 16.2. The summed E-state index contributed by atoms with van der Waals surface area (Å²) in [5.74, 6) is 1.08. The second-order valence-corrected chi connectivity index (χ2v) is 2.57. The van der Waals surface area contributed by atoms with Crippen molar-refractivity contribution in [3.8, 4) is 0 Å². The summed E-state index contributed by atoms with van der Waals surface area (Å²) in [6, 6.07) is 0. The molecule has 0 aliphatic carbocycles. The minimum absolute atomic E-state index is 0.991. The van der Waals surface area contributed by atoms with E-state index in [0.717, 1.165) is 25.4 Å². The Morgan fingerprint density at radius 3 is 2.30 bits per heavy atom. The zero-order chi connectivity index (χ0) is 7.66. The Balaban J connectivity index is 0.000000162. The first-order valence-electron chi connectivity index (χ1n) is 3.63. The highest BCUT2D eigenvalue weighted by Gasteiger charge is 1.94. The lowest BCUT2D eigenvalue weighted by atomic mass is 10.7. The average Bonchev–Trinajstić information content (AvgIpc) is 2.44. The first kappa shape index (κ1) is 10.2. The molecule has 0 atom stereocenters. The summed E-state index contributed by atoms with van der Waals surface area (Å²) < 4.78 is 4.61. The largest absolute Gasteiger partial charge is 0.317 e. The second kappa shape index (κ2) is 9.23. The van der Waals surface area contributed by atoms with Crippen LogP contribution in [0.25, 0.3) is 0 Å². The maximum atomic E-state index is 4.61. The van der Waals surface area contributed by atoms with Crippen LogP contribution in [0.3, 0.4) is 0 Å². The molecule has 0 saturated carbocycles. The third kappa shape index (κ3) is 8.23. The van der Waals surface area contributed by atoms with Crippen LogP contribution in [0.15, 0.2) is 0 Å².